The summed E-state index contributed by atoms with van der Waals surface area (Å²) < 4.78 is 81.4. The zero-order chi connectivity index (χ0) is 24.2. The molecule has 0 unspecified atom stereocenters. The lowest BCUT2D eigenvalue weighted by Crippen LogP contribution is -2.26. The summed E-state index contributed by atoms with van der Waals surface area (Å²) in [7, 11) is 0. The number of aromatic nitrogens is 3. The molecule has 0 fully saturated rings. The summed E-state index contributed by atoms with van der Waals surface area (Å²) in [6, 6.07) is 10.5. The largest absolute Gasteiger partial charge is 0.416 e. The molecule has 0 aliphatic heterocycles. The van der Waals surface area contributed by atoms with E-state index in [0.29, 0.717) is 25.1 Å². The number of halogens is 6. The van der Waals surface area contributed by atoms with Gasteiger partial charge in [-0.1, -0.05) is 30.3 Å². The van der Waals surface area contributed by atoms with E-state index in [4.69, 9.17) is 5.73 Å². The third-order valence-corrected chi connectivity index (χ3v) is 5.04. The minimum absolute atomic E-state index is 0.0176. The number of rotatable bonds is 8. The minimum atomic E-state index is -4.92. The SMILES string of the molecule is NCCCn1nc(CCc2cc(C(F)(F)F)cc(C(F)(F)F)c2)n(Cc2ccccc2)c1=O. The number of hydrogen-bond donors (Lipinski definition) is 1. The molecule has 0 saturated heterocycles. The summed E-state index contributed by atoms with van der Waals surface area (Å²) in [5.41, 5.74) is 2.99. The fraction of sp³-hybridized carbons (Fsp3) is 0.364. The van der Waals surface area contributed by atoms with E-state index < -0.39 is 29.2 Å². The van der Waals surface area contributed by atoms with Crippen LogP contribution in [0.2, 0.25) is 0 Å². The highest BCUT2D eigenvalue weighted by Crippen LogP contribution is 2.36. The van der Waals surface area contributed by atoms with Gasteiger partial charge in [0.2, 0.25) is 0 Å². The first kappa shape index (κ1) is 24.6. The van der Waals surface area contributed by atoms with Crippen molar-refractivity contribution in [2.45, 2.75) is 44.7 Å². The average Bonchev–Trinajstić information content (AvgIpc) is 3.04. The average molecular weight is 472 g/mol. The molecule has 3 aromatic rings. The van der Waals surface area contributed by atoms with Crippen molar-refractivity contribution in [3.05, 3.63) is 87.1 Å². The van der Waals surface area contributed by atoms with Crippen LogP contribution in [0.4, 0.5) is 26.3 Å². The van der Waals surface area contributed by atoms with E-state index in [1.165, 1.54) is 9.25 Å². The van der Waals surface area contributed by atoms with E-state index in [0.717, 1.165) is 5.56 Å². The van der Waals surface area contributed by atoms with E-state index in [9.17, 15) is 31.1 Å². The Kier molecular flexibility index (Phi) is 7.31. The van der Waals surface area contributed by atoms with Gasteiger partial charge in [0.1, 0.15) is 5.82 Å². The van der Waals surface area contributed by atoms with Crippen LogP contribution in [0.1, 0.15) is 34.5 Å². The van der Waals surface area contributed by atoms with Gasteiger partial charge in [-0.05, 0) is 48.7 Å². The fourth-order valence-electron chi connectivity index (χ4n) is 3.40. The highest BCUT2D eigenvalue weighted by molar-refractivity contribution is 5.34. The van der Waals surface area contributed by atoms with E-state index >= 15 is 0 Å². The summed E-state index contributed by atoms with van der Waals surface area (Å²) in [5.74, 6) is 0.270. The number of alkyl halides is 6. The molecular weight excluding hydrogens is 450 g/mol. The van der Waals surface area contributed by atoms with Crippen LogP contribution in [0.3, 0.4) is 0 Å². The molecule has 33 heavy (non-hydrogen) atoms. The second-order valence-corrected chi connectivity index (χ2v) is 7.55. The van der Waals surface area contributed by atoms with Crippen LogP contribution in [0.5, 0.6) is 0 Å². The summed E-state index contributed by atoms with van der Waals surface area (Å²) in [6.45, 7) is 0.762. The predicted molar refractivity (Wildman–Crippen MR) is 110 cm³/mol. The first-order valence-corrected chi connectivity index (χ1v) is 10.2. The Hall–Kier alpha value is -3.08. The molecule has 178 valence electrons. The van der Waals surface area contributed by atoms with Crippen LogP contribution in [-0.4, -0.2) is 20.9 Å². The molecular formula is C22H22F6N4O. The number of aryl methyl sites for hydroxylation is 3. The molecule has 0 aliphatic carbocycles. The zero-order valence-corrected chi connectivity index (χ0v) is 17.5. The first-order valence-electron chi connectivity index (χ1n) is 10.2. The topological polar surface area (TPSA) is 65.8 Å². The predicted octanol–water partition coefficient (Wildman–Crippen LogP) is 4.26. The van der Waals surface area contributed by atoms with Crippen LogP contribution < -0.4 is 11.4 Å². The van der Waals surface area contributed by atoms with E-state index in [-0.39, 0.29) is 43.4 Å². The molecule has 3 rings (SSSR count). The first-order chi connectivity index (χ1) is 15.5. The van der Waals surface area contributed by atoms with Crippen LogP contribution in [-0.2, 0) is 38.3 Å². The molecule has 0 amide bonds. The quantitative estimate of drug-likeness (QED) is 0.498. The molecule has 0 spiro atoms. The fourth-order valence-corrected chi connectivity index (χ4v) is 3.40. The molecule has 1 heterocycles. The van der Waals surface area contributed by atoms with Crippen LogP contribution in [0.25, 0.3) is 0 Å². The molecule has 1 aromatic heterocycles. The van der Waals surface area contributed by atoms with Crippen molar-refractivity contribution in [1.82, 2.24) is 14.3 Å². The third-order valence-electron chi connectivity index (χ3n) is 5.04. The van der Waals surface area contributed by atoms with Gasteiger partial charge in [0.05, 0.1) is 17.7 Å². The molecule has 2 aromatic carbocycles. The Morgan fingerprint density at radius 2 is 1.45 bits per heavy atom. The smallest absolute Gasteiger partial charge is 0.330 e. The number of hydrogen-bond acceptors (Lipinski definition) is 3. The van der Waals surface area contributed by atoms with Gasteiger partial charge in [-0.15, -0.1) is 0 Å². The lowest BCUT2D eigenvalue weighted by Gasteiger charge is -2.14. The van der Waals surface area contributed by atoms with Gasteiger partial charge in [0.15, 0.2) is 0 Å². The highest BCUT2D eigenvalue weighted by atomic mass is 19.4. The van der Waals surface area contributed by atoms with Gasteiger partial charge in [-0.2, -0.15) is 31.4 Å². The number of nitrogens with two attached hydrogens (primary N) is 1. The summed E-state index contributed by atoms with van der Waals surface area (Å²) in [5, 5.41) is 4.27. The van der Waals surface area contributed by atoms with Crippen molar-refractivity contribution >= 4 is 0 Å². The van der Waals surface area contributed by atoms with E-state index in [1.807, 2.05) is 6.07 Å². The van der Waals surface area contributed by atoms with E-state index in [2.05, 4.69) is 5.10 Å². The Balaban J connectivity index is 1.93. The maximum absolute atomic E-state index is 13.1. The Morgan fingerprint density at radius 3 is 2.00 bits per heavy atom. The van der Waals surface area contributed by atoms with Crippen LogP contribution in [0, 0.1) is 0 Å². The molecule has 0 atom stereocenters. The van der Waals surface area contributed by atoms with Crippen LogP contribution >= 0.6 is 0 Å². The van der Waals surface area contributed by atoms with Gasteiger partial charge in [-0.3, -0.25) is 4.57 Å². The van der Waals surface area contributed by atoms with Gasteiger partial charge in [0, 0.05) is 13.0 Å². The summed E-state index contributed by atoms with van der Waals surface area (Å²) in [4.78, 5) is 12.8. The maximum Gasteiger partial charge on any atom is 0.416 e. The lowest BCUT2D eigenvalue weighted by atomic mass is 10.0. The minimum Gasteiger partial charge on any atom is -0.330 e. The second kappa shape index (κ2) is 9.82. The van der Waals surface area contributed by atoms with Crippen molar-refractivity contribution in [2.24, 2.45) is 5.73 Å². The molecule has 5 nitrogen and oxygen atoms in total. The molecule has 11 heteroatoms. The van der Waals surface area contributed by atoms with Gasteiger partial charge >= 0.3 is 18.0 Å². The van der Waals surface area contributed by atoms with Crippen molar-refractivity contribution < 1.29 is 26.3 Å². The number of benzene rings is 2. The molecule has 2 N–H and O–H groups in total. The molecule has 0 saturated carbocycles. The Morgan fingerprint density at radius 1 is 0.848 bits per heavy atom. The van der Waals surface area contributed by atoms with Crippen molar-refractivity contribution in [3.8, 4) is 0 Å². The molecule has 0 aliphatic rings. The molecule has 0 radical (unpaired) electrons. The second-order valence-electron chi connectivity index (χ2n) is 7.55. The van der Waals surface area contributed by atoms with Crippen molar-refractivity contribution in [2.75, 3.05) is 6.54 Å². The van der Waals surface area contributed by atoms with Crippen molar-refractivity contribution in [3.63, 3.8) is 0 Å². The highest BCUT2D eigenvalue weighted by Gasteiger charge is 2.36. The number of nitrogens with zero attached hydrogens (tertiary/aromatic N) is 3. The van der Waals surface area contributed by atoms with Gasteiger partial charge in [0.25, 0.3) is 0 Å². The standard InChI is InChI=1S/C22H22F6N4O/c23-21(24,25)17-11-16(12-18(13-17)22(26,27)28)7-8-19-30-32(10-4-9-29)20(33)31(19)14-15-5-2-1-3-6-15/h1-3,5-6,11-13H,4,7-10,14,29H2. The monoisotopic (exact) mass is 472 g/mol. The lowest BCUT2D eigenvalue weighted by molar-refractivity contribution is -0.143. The summed E-state index contributed by atoms with van der Waals surface area (Å²) in [6.07, 6.45) is -9.53. The maximum atomic E-state index is 13.1. The normalized spacial score (nSPS) is 12.3. The molecule has 0 bridgehead atoms. The van der Waals surface area contributed by atoms with Gasteiger partial charge < -0.3 is 5.73 Å². The third kappa shape index (κ3) is 6.25. The summed E-state index contributed by atoms with van der Waals surface area (Å²) >= 11 is 0. The van der Waals surface area contributed by atoms with E-state index in [1.54, 1.807) is 24.3 Å². The zero-order valence-electron chi connectivity index (χ0n) is 17.5. The van der Waals surface area contributed by atoms with Gasteiger partial charge in [-0.25, -0.2) is 9.48 Å². The Bertz CT molecular complexity index is 1100. The Labute approximate surface area is 185 Å². The van der Waals surface area contributed by atoms with Crippen LogP contribution in [0.15, 0.2) is 53.3 Å². The van der Waals surface area contributed by atoms with Crippen molar-refractivity contribution in [1.29, 1.82) is 0 Å².